The molecule has 32 heavy (non-hydrogen) atoms. The summed E-state index contributed by atoms with van der Waals surface area (Å²) in [5, 5.41) is 5.51. The molecule has 3 fully saturated rings. The van der Waals surface area contributed by atoms with Crippen molar-refractivity contribution in [2.75, 3.05) is 18.4 Å². The Kier molecular flexibility index (Phi) is 6.21. The summed E-state index contributed by atoms with van der Waals surface area (Å²) in [5.74, 6) is -1.02. The fourth-order valence-electron chi connectivity index (χ4n) is 4.68. The minimum Gasteiger partial charge on any atom is -0.323 e. The Morgan fingerprint density at radius 1 is 1.12 bits per heavy atom. The predicted octanol–water partition coefficient (Wildman–Crippen LogP) is 2.71. The number of nitrogens with one attached hydrogen (secondary N) is 2. The summed E-state index contributed by atoms with van der Waals surface area (Å²) >= 11 is 6.21. The van der Waals surface area contributed by atoms with Crippen LogP contribution in [0.15, 0.2) is 23.1 Å². The first-order chi connectivity index (χ1) is 15.2. The number of hydrogen-bond acceptors (Lipinski definition) is 5. The molecule has 1 aromatic carbocycles. The number of sulfonamides is 1. The largest absolute Gasteiger partial charge is 0.325 e. The summed E-state index contributed by atoms with van der Waals surface area (Å²) in [5.41, 5.74) is -0.796. The summed E-state index contributed by atoms with van der Waals surface area (Å²) in [6.07, 6.45) is 5.41. The lowest BCUT2D eigenvalue weighted by Crippen LogP contribution is -2.48. The lowest BCUT2D eigenvalue weighted by molar-refractivity contribution is -0.136. The van der Waals surface area contributed by atoms with E-state index in [4.69, 9.17) is 11.6 Å². The molecule has 1 atom stereocenters. The van der Waals surface area contributed by atoms with Gasteiger partial charge in [-0.25, -0.2) is 18.1 Å². The van der Waals surface area contributed by atoms with Crippen molar-refractivity contribution in [1.82, 2.24) is 14.5 Å². The van der Waals surface area contributed by atoms with Crippen molar-refractivity contribution in [3.63, 3.8) is 0 Å². The SMILES string of the molecule is C[C@H](C(=O)Nc1cc(S(=O)(=O)N2CCCCC2)ccc1Cl)N1C(=O)NC2(CCCC2)C1=O. The highest BCUT2D eigenvalue weighted by Gasteiger charge is 2.54. The Balaban J connectivity index is 1.52. The van der Waals surface area contributed by atoms with Crippen molar-refractivity contribution in [2.45, 2.75) is 68.3 Å². The molecule has 1 spiro atoms. The summed E-state index contributed by atoms with van der Waals surface area (Å²) in [7, 11) is -3.71. The third-order valence-electron chi connectivity index (χ3n) is 6.57. The molecule has 4 rings (SSSR count). The second-order valence-corrected chi connectivity index (χ2v) is 11.0. The molecular formula is C21H27ClN4O5S. The predicted molar refractivity (Wildman–Crippen MR) is 119 cm³/mol. The first-order valence-electron chi connectivity index (χ1n) is 10.9. The van der Waals surface area contributed by atoms with Crippen LogP contribution in [0, 0.1) is 0 Å². The highest BCUT2D eigenvalue weighted by atomic mass is 35.5. The van der Waals surface area contributed by atoms with Crippen molar-refractivity contribution in [2.24, 2.45) is 0 Å². The molecule has 1 saturated carbocycles. The van der Waals surface area contributed by atoms with Crippen LogP contribution < -0.4 is 10.6 Å². The van der Waals surface area contributed by atoms with Crippen LogP contribution >= 0.6 is 11.6 Å². The number of nitrogens with zero attached hydrogens (tertiary/aromatic N) is 2. The van der Waals surface area contributed by atoms with E-state index in [0.717, 1.165) is 37.0 Å². The molecule has 4 amide bonds. The molecule has 0 radical (unpaired) electrons. The summed E-state index contributed by atoms with van der Waals surface area (Å²) < 4.78 is 27.4. The standard InChI is InChI=1S/C21H27ClN4O5S/c1-14(26-19(28)21(24-20(26)29)9-3-4-10-21)18(27)23-17-13-15(7-8-16(17)22)32(30,31)25-11-5-2-6-12-25/h7-8,13-14H,2-6,9-12H2,1H3,(H,23,27)(H,24,29)/t14-/m1/s1. The van der Waals surface area contributed by atoms with Gasteiger partial charge in [0.2, 0.25) is 15.9 Å². The Morgan fingerprint density at radius 2 is 1.78 bits per heavy atom. The zero-order chi connectivity index (χ0) is 23.1. The number of amides is 4. The number of benzene rings is 1. The topological polar surface area (TPSA) is 116 Å². The molecule has 174 valence electrons. The van der Waals surface area contributed by atoms with E-state index in [9.17, 15) is 22.8 Å². The summed E-state index contributed by atoms with van der Waals surface area (Å²) in [6.45, 7) is 2.37. The normalized spacial score (nSPS) is 22.2. The van der Waals surface area contributed by atoms with Gasteiger partial charge in [-0.05, 0) is 50.8 Å². The monoisotopic (exact) mass is 482 g/mol. The smallest absolute Gasteiger partial charge is 0.323 e. The van der Waals surface area contributed by atoms with E-state index >= 15 is 0 Å². The van der Waals surface area contributed by atoms with Gasteiger partial charge in [-0.2, -0.15) is 4.31 Å². The van der Waals surface area contributed by atoms with Crippen molar-refractivity contribution in [1.29, 1.82) is 0 Å². The van der Waals surface area contributed by atoms with E-state index in [1.807, 2.05) is 0 Å². The summed E-state index contributed by atoms with van der Waals surface area (Å²) in [4.78, 5) is 39.3. The molecule has 2 saturated heterocycles. The molecule has 2 heterocycles. The van der Waals surface area contributed by atoms with Gasteiger partial charge >= 0.3 is 6.03 Å². The molecule has 2 N–H and O–H groups in total. The molecular weight excluding hydrogens is 456 g/mol. The Morgan fingerprint density at radius 3 is 2.44 bits per heavy atom. The molecule has 2 aliphatic heterocycles. The number of imide groups is 1. The average Bonchev–Trinajstić information content (AvgIpc) is 3.34. The molecule has 0 bridgehead atoms. The number of piperidine rings is 1. The molecule has 0 unspecified atom stereocenters. The molecule has 0 aromatic heterocycles. The minimum atomic E-state index is -3.71. The fourth-order valence-corrected chi connectivity index (χ4v) is 6.39. The van der Waals surface area contributed by atoms with E-state index < -0.39 is 39.4 Å². The zero-order valence-electron chi connectivity index (χ0n) is 17.9. The Labute approximate surface area is 192 Å². The third kappa shape index (κ3) is 3.99. The Hall–Kier alpha value is -2.17. The van der Waals surface area contributed by atoms with E-state index in [-0.39, 0.29) is 15.6 Å². The van der Waals surface area contributed by atoms with Crippen LogP contribution in [0.1, 0.15) is 51.9 Å². The Bertz CT molecular complexity index is 1050. The van der Waals surface area contributed by atoms with Crippen LogP contribution in [0.3, 0.4) is 0 Å². The first-order valence-corrected chi connectivity index (χ1v) is 12.7. The van der Waals surface area contributed by atoms with Crippen molar-refractivity contribution in [3.8, 4) is 0 Å². The maximum Gasteiger partial charge on any atom is 0.325 e. The van der Waals surface area contributed by atoms with E-state index in [2.05, 4.69) is 10.6 Å². The van der Waals surface area contributed by atoms with E-state index in [1.54, 1.807) is 0 Å². The van der Waals surface area contributed by atoms with Crippen LogP contribution in [0.4, 0.5) is 10.5 Å². The number of anilines is 1. The van der Waals surface area contributed by atoms with Crippen LogP contribution in [0.25, 0.3) is 0 Å². The van der Waals surface area contributed by atoms with Crippen molar-refractivity contribution >= 4 is 45.2 Å². The van der Waals surface area contributed by atoms with Crippen molar-refractivity contribution < 1.29 is 22.8 Å². The van der Waals surface area contributed by atoms with Gasteiger partial charge in [0.25, 0.3) is 5.91 Å². The number of rotatable bonds is 5. The lowest BCUT2D eigenvalue weighted by atomic mass is 9.97. The van der Waals surface area contributed by atoms with Gasteiger partial charge < -0.3 is 10.6 Å². The number of urea groups is 1. The van der Waals surface area contributed by atoms with Gasteiger partial charge in [-0.15, -0.1) is 0 Å². The number of carbonyl (C=O) groups excluding carboxylic acids is 3. The lowest BCUT2D eigenvalue weighted by Gasteiger charge is -2.26. The average molecular weight is 483 g/mol. The number of hydrogen-bond donors (Lipinski definition) is 2. The first kappa shape index (κ1) is 23.0. The van der Waals surface area contributed by atoms with Gasteiger partial charge in [0.1, 0.15) is 11.6 Å². The van der Waals surface area contributed by atoms with E-state index in [0.29, 0.717) is 25.9 Å². The maximum absolute atomic E-state index is 13.0. The van der Waals surface area contributed by atoms with Gasteiger partial charge in [0, 0.05) is 13.1 Å². The van der Waals surface area contributed by atoms with Crippen LogP contribution in [-0.2, 0) is 19.6 Å². The minimum absolute atomic E-state index is 0.0339. The molecule has 11 heteroatoms. The second kappa shape index (κ2) is 8.64. The van der Waals surface area contributed by atoms with Gasteiger partial charge in [0.05, 0.1) is 15.6 Å². The van der Waals surface area contributed by atoms with E-state index in [1.165, 1.54) is 29.4 Å². The zero-order valence-corrected chi connectivity index (χ0v) is 19.5. The number of halogens is 1. The quantitative estimate of drug-likeness (QED) is 0.626. The third-order valence-corrected chi connectivity index (χ3v) is 8.79. The maximum atomic E-state index is 13.0. The van der Waals surface area contributed by atoms with Crippen LogP contribution in [-0.4, -0.2) is 60.1 Å². The van der Waals surface area contributed by atoms with Crippen LogP contribution in [0.2, 0.25) is 5.02 Å². The molecule has 9 nitrogen and oxygen atoms in total. The fraction of sp³-hybridized carbons (Fsp3) is 0.571. The van der Waals surface area contributed by atoms with Gasteiger partial charge in [0.15, 0.2) is 0 Å². The molecule has 1 aromatic rings. The summed E-state index contributed by atoms with van der Waals surface area (Å²) in [6, 6.07) is 2.47. The highest BCUT2D eigenvalue weighted by molar-refractivity contribution is 7.89. The second-order valence-electron chi connectivity index (χ2n) is 8.67. The van der Waals surface area contributed by atoms with Gasteiger partial charge in [-0.1, -0.05) is 30.9 Å². The highest BCUT2D eigenvalue weighted by Crippen LogP contribution is 2.36. The molecule has 3 aliphatic rings. The number of carbonyl (C=O) groups is 3. The van der Waals surface area contributed by atoms with Gasteiger partial charge in [-0.3, -0.25) is 9.59 Å². The molecule has 1 aliphatic carbocycles. The van der Waals surface area contributed by atoms with Crippen LogP contribution in [0.5, 0.6) is 0 Å². The van der Waals surface area contributed by atoms with Crippen molar-refractivity contribution in [3.05, 3.63) is 23.2 Å².